The molecule has 0 unspecified atom stereocenters. The molecule has 3 amide bonds. The lowest BCUT2D eigenvalue weighted by Gasteiger charge is -2.38. The third-order valence-electron chi connectivity index (χ3n) is 5.02. The highest BCUT2D eigenvalue weighted by Crippen LogP contribution is 2.39. The van der Waals surface area contributed by atoms with Gasteiger partial charge in [0.15, 0.2) is 0 Å². The van der Waals surface area contributed by atoms with Gasteiger partial charge in [0.05, 0.1) is 30.4 Å². The smallest absolute Gasteiger partial charge is 0.378 e. The Labute approximate surface area is 160 Å². The van der Waals surface area contributed by atoms with Gasteiger partial charge in [-0.1, -0.05) is 18.2 Å². The minimum absolute atomic E-state index is 0.143. The van der Waals surface area contributed by atoms with Crippen molar-refractivity contribution < 1.29 is 27.5 Å². The number of carbonyl (C=O) groups is 2. The van der Waals surface area contributed by atoms with Gasteiger partial charge in [0.2, 0.25) is 0 Å². The van der Waals surface area contributed by atoms with Gasteiger partial charge in [0, 0.05) is 25.3 Å². The SMILES string of the molecule is CCN1C(=O)N[C@H](c2ccccc2C(F)(F)F)C(C(=O)N2CCOCC2)=C1C. The Hall–Kier alpha value is -2.55. The zero-order valence-corrected chi connectivity index (χ0v) is 15.7. The number of benzene rings is 1. The lowest BCUT2D eigenvalue weighted by Crippen LogP contribution is -2.51. The first-order valence-corrected chi connectivity index (χ1v) is 9.07. The lowest BCUT2D eigenvalue weighted by molar-refractivity contribution is -0.139. The second kappa shape index (κ2) is 7.83. The first kappa shape index (κ1) is 20.2. The van der Waals surface area contributed by atoms with Crippen molar-refractivity contribution in [1.82, 2.24) is 15.1 Å². The van der Waals surface area contributed by atoms with Crippen molar-refractivity contribution in [3.63, 3.8) is 0 Å². The fourth-order valence-corrected chi connectivity index (χ4v) is 3.62. The van der Waals surface area contributed by atoms with Crippen LogP contribution in [0, 0.1) is 0 Å². The van der Waals surface area contributed by atoms with Crippen LogP contribution in [0.2, 0.25) is 0 Å². The van der Waals surface area contributed by atoms with Gasteiger partial charge in [-0.25, -0.2) is 4.79 Å². The summed E-state index contributed by atoms with van der Waals surface area (Å²) >= 11 is 0. The molecule has 3 rings (SSSR count). The van der Waals surface area contributed by atoms with Crippen molar-refractivity contribution in [3.8, 4) is 0 Å². The largest absolute Gasteiger partial charge is 0.416 e. The van der Waals surface area contributed by atoms with E-state index in [1.807, 2.05) is 0 Å². The van der Waals surface area contributed by atoms with E-state index in [2.05, 4.69) is 5.32 Å². The number of nitrogens with one attached hydrogen (secondary N) is 1. The van der Waals surface area contributed by atoms with Gasteiger partial charge in [-0.2, -0.15) is 13.2 Å². The molecule has 28 heavy (non-hydrogen) atoms. The Morgan fingerprint density at radius 1 is 1.25 bits per heavy atom. The average Bonchev–Trinajstić information content (AvgIpc) is 2.67. The summed E-state index contributed by atoms with van der Waals surface area (Å²) in [5.41, 5.74) is -0.495. The molecular weight excluding hydrogens is 375 g/mol. The summed E-state index contributed by atoms with van der Waals surface area (Å²) in [6.45, 7) is 5.07. The van der Waals surface area contributed by atoms with E-state index >= 15 is 0 Å². The van der Waals surface area contributed by atoms with Gasteiger partial charge in [-0.05, 0) is 25.5 Å². The maximum absolute atomic E-state index is 13.6. The van der Waals surface area contributed by atoms with Crippen molar-refractivity contribution in [2.75, 3.05) is 32.8 Å². The van der Waals surface area contributed by atoms with Crippen LogP contribution in [-0.4, -0.2) is 54.6 Å². The van der Waals surface area contributed by atoms with Gasteiger partial charge >= 0.3 is 12.2 Å². The highest BCUT2D eigenvalue weighted by atomic mass is 19.4. The first-order chi connectivity index (χ1) is 13.3. The van der Waals surface area contributed by atoms with E-state index in [1.165, 1.54) is 23.1 Å². The first-order valence-electron chi connectivity index (χ1n) is 9.07. The molecule has 1 fully saturated rings. The Bertz CT molecular complexity index is 801. The van der Waals surface area contributed by atoms with Gasteiger partial charge in [-0.3, -0.25) is 9.69 Å². The number of morpholine rings is 1. The van der Waals surface area contributed by atoms with E-state index in [1.54, 1.807) is 18.7 Å². The molecule has 0 saturated carbocycles. The summed E-state index contributed by atoms with van der Waals surface area (Å²) in [5, 5.41) is 2.60. The molecule has 2 aliphatic rings. The molecule has 1 N–H and O–H groups in total. The maximum atomic E-state index is 13.6. The van der Waals surface area contributed by atoms with Gasteiger partial charge in [-0.15, -0.1) is 0 Å². The molecule has 2 aliphatic heterocycles. The molecule has 9 heteroatoms. The highest BCUT2D eigenvalue weighted by Gasteiger charge is 2.42. The van der Waals surface area contributed by atoms with Crippen LogP contribution in [-0.2, 0) is 15.7 Å². The fourth-order valence-electron chi connectivity index (χ4n) is 3.62. The predicted molar refractivity (Wildman–Crippen MR) is 95.2 cm³/mol. The van der Waals surface area contributed by atoms with Gasteiger partial charge in [0.25, 0.3) is 5.91 Å². The number of ether oxygens (including phenoxy) is 1. The summed E-state index contributed by atoms with van der Waals surface area (Å²) in [5.74, 6) is -0.388. The molecule has 6 nitrogen and oxygen atoms in total. The molecule has 2 heterocycles. The minimum Gasteiger partial charge on any atom is -0.378 e. The van der Waals surface area contributed by atoms with Crippen LogP contribution >= 0.6 is 0 Å². The number of hydrogen-bond donors (Lipinski definition) is 1. The third-order valence-corrected chi connectivity index (χ3v) is 5.02. The summed E-state index contributed by atoms with van der Waals surface area (Å²) < 4.78 is 46.0. The summed E-state index contributed by atoms with van der Waals surface area (Å²) in [6, 6.07) is 3.31. The number of rotatable bonds is 3. The van der Waals surface area contributed by atoms with Crippen LogP contribution < -0.4 is 5.32 Å². The van der Waals surface area contributed by atoms with Crippen molar-refractivity contribution in [3.05, 3.63) is 46.7 Å². The van der Waals surface area contributed by atoms with Crippen molar-refractivity contribution >= 4 is 11.9 Å². The second-order valence-corrected chi connectivity index (χ2v) is 6.62. The molecule has 0 bridgehead atoms. The topological polar surface area (TPSA) is 61.9 Å². The van der Waals surface area contributed by atoms with E-state index in [0.29, 0.717) is 38.5 Å². The van der Waals surface area contributed by atoms with Crippen LogP contribution in [0.15, 0.2) is 35.5 Å². The molecule has 1 atom stereocenters. The van der Waals surface area contributed by atoms with E-state index in [-0.39, 0.29) is 17.0 Å². The van der Waals surface area contributed by atoms with Crippen molar-refractivity contribution in [2.45, 2.75) is 26.1 Å². The lowest BCUT2D eigenvalue weighted by atomic mass is 9.90. The zero-order chi connectivity index (χ0) is 20.5. The van der Waals surface area contributed by atoms with Gasteiger partial charge < -0.3 is 15.0 Å². The number of alkyl halides is 3. The minimum atomic E-state index is -4.61. The Kier molecular flexibility index (Phi) is 5.64. The van der Waals surface area contributed by atoms with Crippen LogP contribution in [0.3, 0.4) is 0 Å². The number of carbonyl (C=O) groups excluding carboxylic acids is 2. The Morgan fingerprint density at radius 2 is 1.89 bits per heavy atom. The van der Waals surface area contributed by atoms with E-state index in [9.17, 15) is 22.8 Å². The third kappa shape index (κ3) is 3.71. The Morgan fingerprint density at radius 3 is 2.50 bits per heavy atom. The van der Waals surface area contributed by atoms with E-state index in [0.717, 1.165) is 6.07 Å². The Balaban J connectivity index is 2.12. The average molecular weight is 397 g/mol. The van der Waals surface area contributed by atoms with Gasteiger partial charge in [0.1, 0.15) is 0 Å². The second-order valence-electron chi connectivity index (χ2n) is 6.62. The molecule has 1 saturated heterocycles. The summed E-state index contributed by atoms with van der Waals surface area (Å²) in [4.78, 5) is 28.6. The molecule has 1 aromatic rings. The van der Waals surface area contributed by atoms with Crippen LogP contribution in [0.1, 0.15) is 31.0 Å². The highest BCUT2D eigenvalue weighted by molar-refractivity contribution is 5.98. The van der Waals surface area contributed by atoms with Crippen molar-refractivity contribution in [1.29, 1.82) is 0 Å². The number of amides is 3. The van der Waals surface area contributed by atoms with E-state index < -0.39 is 23.8 Å². The van der Waals surface area contributed by atoms with Crippen LogP contribution in [0.4, 0.5) is 18.0 Å². The summed E-state index contributed by atoms with van der Waals surface area (Å²) in [7, 11) is 0. The van der Waals surface area contributed by atoms with Crippen molar-refractivity contribution in [2.24, 2.45) is 0 Å². The number of allylic oxidation sites excluding steroid dienone is 1. The van der Waals surface area contributed by atoms with Crippen LogP contribution in [0.5, 0.6) is 0 Å². The normalized spacial score (nSPS) is 21.0. The number of halogens is 3. The number of nitrogens with zero attached hydrogens (tertiary/aromatic N) is 2. The van der Waals surface area contributed by atoms with Crippen LogP contribution in [0.25, 0.3) is 0 Å². The maximum Gasteiger partial charge on any atom is 0.416 e. The standard InChI is InChI=1S/C19H22F3N3O3/c1-3-25-12(2)15(17(26)24-8-10-28-11-9-24)16(23-18(25)27)13-6-4-5-7-14(13)19(20,21)22/h4-7,16H,3,8-11H2,1-2H3,(H,23,27)/t16-/m1/s1. The molecule has 0 aliphatic carbocycles. The summed E-state index contributed by atoms with van der Waals surface area (Å²) in [6.07, 6.45) is -4.61. The number of hydrogen-bond acceptors (Lipinski definition) is 3. The van der Waals surface area contributed by atoms with E-state index in [4.69, 9.17) is 4.74 Å². The molecule has 0 radical (unpaired) electrons. The molecule has 1 aromatic carbocycles. The zero-order valence-electron chi connectivity index (χ0n) is 15.7. The molecule has 152 valence electrons. The molecule has 0 spiro atoms. The fraction of sp³-hybridized carbons (Fsp3) is 0.474. The quantitative estimate of drug-likeness (QED) is 0.853. The molecule has 0 aromatic heterocycles. The monoisotopic (exact) mass is 397 g/mol. The predicted octanol–water partition coefficient (Wildman–Crippen LogP) is 2.92. The molecular formula is C19H22F3N3O3. The number of urea groups is 1.